The molecule has 4 heterocycles. The van der Waals surface area contributed by atoms with Gasteiger partial charge in [0.25, 0.3) is 0 Å². The van der Waals surface area contributed by atoms with Gasteiger partial charge in [-0.1, -0.05) is 0 Å². The molecule has 0 fully saturated rings. The second kappa shape index (κ2) is 8.47. The molecule has 9 nitrogen and oxygen atoms in total. The Morgan fingerprint density at radius 2 is 1.76 bits per heavy atom. The molecule has 0 amide bonds. The number of imidazole rings is 2. The lowest BCUT2D eigenvalue weighted by Gasteiger charge is -2.12. The molecule has 0 bridgehead atoms. The zero-order valence-electron chi connectivity index (χ0n) is 19.1. The van der Waals surface area contributed by atoms with Crippen LogP contribution >= 0.6 is 0 Å². The van der Waals surface area contributed by atoms with E-state index in [1.54, 1.807) is 38.7 Å². The highest BCUT2D eigenvalue weighted by atomic mass is 19.1. The van der Waals surface area contributed by atoms with Crippen molar-refractivity contribution < 1.29 is 13.9 Å². The van der Waals surface area contributed by atoms with Crippen molar-refractivity contribution in [2.75, 3.05) is 19.5 Å². The topological polar surface area (TPSA) is 91.9 Å². The molecular weight excluding hydrogens is 437 g/mol. The van der Waals surface area contributed by atoms with Gasteiger partial charge in [0, 0.05) is 24.9 Å². The van der Waals surface area contributed by atoms with Gasteiger partial charge in [-0.25, -0.2) is 14.4 Å². The van der Waals surface area contributed by atoms with Crippen LogP contribution < -0.4 is 14.8 Å². The largest absolute Gasteiger partial charge is 0.481 e. The number of nitrogens with one attached hydrogen (secondary N) is 1. The van der Waals surface area contributed by atoms with E-state index in [2.05, 4.69) is 20.3 Å². The van der Waals surface area contributed by atoms with Crippen molar-refractivity contribution in [3.05, 3.63) is 66.5 Å². The highest BCUT2D eigenvalue weighted by Gasteiger charge is 2.18. The Balaban J connectivity index is 1.58. The first-order chi connectivity index (χ1) is 16.5. The predicted octanol–water partition coefficient (Wildman–Crippen LogP) is 4.42. The average Bonchev–Trinajstić information content (AvgIpc) is 3.43. The number of halogens is 1. The van der Waals surface area contributed by atoms with Gasteiger partial charge in [0.15, 0.2) is 5.65 Å². The summed E-state index contributed by atoms with van der Waals surface area (Å²) in [6, 6.07) is 11.7. The van der Waals surface area contributed by atoms with Gasteiger partial charge in [-0.3, -0.25) is 0 Å². The van der Waals surface area contributed by atoms with E-state index in [1.165, 1.54) is 12.1 Å². The molecule has 1 N–H and O–H groups in total. The lowest BCUT2D eigenvalue weighted by molar-refractivity contribution is 0.396. The van der Waals surface area contributed by atoms with Gasteiger partial charge in [-0.05, 0) is 43.3 Å². The Labute approximate surface area is 194 Å². The molecule has 0 aliphatic rings. The lowest BCUT2D eigenvalue weighted by Crippen LogP contribution is -2.02. The predicted molar refractivity (Wildman–Crippen MR) is 126 cm³/mol. The van der Waals surface area contributed by atoms with E-state index in [1.807, 2.05) is 41.4 Å². The van der Waals surface area contributed by atoms with Crippen molar-refractivity contribution in [2.24, 2.45) is 7.05 Å². The molecule has 0 saturated carbocycles. The quantitative estimate of drug-likeness (QED) is 0.402. The molecule has 34 heavy (non-hydrogen) atoms. The van der Waals surface area contributed by atoms with E-state index >= 15 is 0 Å². The van der Waals surface area contributed by atoms with Crippen LogP contribution in [0.25, 0.3) is 28.2 Å². The van der Waals surface area contributed by atoms with Crippen molar-refractivity contribution >= 4 is 22.7 Å². The molecule has 0 saturated heterocycles. The number of aromatic nitrogens is 6. The van der Waals surface area contributed by atoms with Gasteiger partial charge in [-0.15, -0.1) is 0 Å². The van der Waals surface area contributed by atoms with E-state index in [4.69, 9.17) is 14.5 Å². The molecule has 0 unspecified atom stereocenters. The first-order valence-corrected chi connectivity index (χ1v) is 10.5. The maximum atomic E-state index is 13.4. The third-order valence-corrected chi connectivity index (χ3v) is 5.40. The third-order valence-electron chi connectivity index (χ3n) is 5.40. The summed E-state index contributed by atoms with van der Waals surface area (Å²) in [5, 5.41) is 3.31. The second-order valence-electron chi connectivity index (χ2n) is 7.66. The molecule has 1 aromatic carbocycles. The number of pyridine rings is 2. The fraction of sp³-hybridized carbons (Fsp3) is 0.167. The molecule has 4 aromatic heterocycles. The minimum atomic E-state index is -0.306. The minimum Gasteiger partial charge on any atom is -0.481 e. The summed E-state index contributed by atoms with van der Waals surface area (Å²) < 4.78 is 28.1. The fourth-order valence-corrected chi connectivity index (χ4v) is 3.72. The molecule has 0 spiro atoms. The van der Waals surface area contributed by atoms with Crippen molar-refractivity contribution in [1.82, 2.24) is 29.1 Å². The van der Waals surface area contributed by atoms with Gasteiger partial charge < -0.3 is 23.9 Å². The van der Waals surface area contributed by atoms with Crippen LogP contribution in [0.2, 0.25) is 0 Å². The van der Waals surface area contributed by atoms with Crippen LogP contribution in [0.15, 0.2) is 55.0 Å². The zero-order valence-corrected chi connectivity index (χ0v) is 19.1. The standard InChI is InChI=1S/C24H22FN7O2/c1-14-12-32(13-26-14)18-9-10-19(28-24(18)34-4)27-17-11-20(33-3)29-23-21(17)30-22(31(23)2)15-5-7-16(25)8-6-15/h5-13H,1-4H3,(H,27,28,29). The van der Waals surface area contributed by atoms with Gasteiger partial charge in [-0.2, -0.15) is 9.97 Å². The van der Waals surface area contributed by atoms with Crippen LogP contribution in [0.3, 0.4) is 0 Å². The van der Waals surface area contributed by atoms with Crippen molar-refractivity contribution in [2.45, 2.75) is 6.92 Å². The van der Waals surface area contributed by atoms with Crippen LogP contribution in [0.4, 0.5) is 15.9 Å². The Kier molecular flexibility index (Phi) is 5.33. The van der Waals surface area contributed by atoms with Crippen LogP contribution in [0.1, 0.15) is 5.69 Å². The molecular formula is C24H22FN7O2. The highest BCUT2D eigenvalue weighted by Crippen LogP contribution is 2.32. The Bertz CT molecular complexity index is 1490. The third kappa shape index (κ3) is 3.79. The smallest absolute Gasteiger partial charge is 0.240 e. The summed E-state index contributed by atoms with van der Waals surface area (Å²) in [4.78, 5) is 18.2. The summed E-state index contributed by atoms with van der Waals surface area (Å²) >= 11 is 0. The van der Waals surface area contributed by atoms with Crippen molar-refractivity contribution in [3.63, 3.8) is 0 Å². The molecule has 10 heteroatoms. The van der Waals surface area contributed by atoms with Gasteiger partial charge in [0.05, 0.1) is 31.9 Å². The molecule has 0 radical (unpaired) electrons. The summed E-state index contributed by atoms with van der Waals surface area (Å²) in [5.74, 6) is 1.75. The fourth-order valence-electron chi connectivity index (χ4n) is 3.72. The summed E-state index contributed by atoms with van der Waals surface area (Å²) in [6.45, 7) is 1.92. The van der Waals surface area contributed by atoms with Crippen LogP contribution in [-0.2, 0) is 7.05 Å². The molecule has 172 valence electrons. The maximum absolute atomic E-state index is 13.4. The number of benzene rings is 1. The van der Waals surface area contributed by atoms with E-state index in [9.17, 15) is 4.39 Å². The number of methoxy groups -OCH3 is 2. The number of hydrogen-bond acceptors (Lipinski definition) is 7. The number of rotatable bonds is 6. The number of aryl methyl sites for hydroxylation is 2. The van der Waals surface area contributed by atoms with Gasteiger partial charge >= 0.3 is 0 Å². The summed E-state index contributed by atoms with van der Waals surface area (Å²) in [7, 11) is 4.98. The van der Waals surface area contributed by atoms with E-state index in [0.717, 1.165) is 16.9 Å². The Morgan fingerprint density at radius 3 is 2.44 bits per heavy atom. The average molecular weight is 459 g/mol. The zero-order chi connectivity index (χ0) is 23.8. The van der Waals surface area contributed by atoms with Crippen LogP contribution in [0.5, 0.6) is 11.8 Å². The molecule has 0 aliphatic heterocycles. The lowest BCUT2D eigenvalue weighted by atomic mass is 10.2. The van der Waals surface area contributed by atoms with E-state index in [0.29, 0.717) is 40.3 Å². The summed E-state index contributed by atoms with van der Waals surface area (Å²) in [6.07, 6.45) is 3.61. The first-order valence-electron chi connectivity index (χ1n) is 10.5. The minimum absolute atomic E-state index is 0.306. The number of anilines is 2. The monoisotopic (exact) mass is 459 g/mol. The van der Waals surface area contributed by atoms with Crippen molar-refractivity contribution in [3.8, 4) is 28.8 Å². The second-order valence-corrected chi connectivity index (χ2v) is 7.66. The summed E-state index contributed by atoms with van der Waals surface area (Å²) in [5.41, 5.74) is 4.32. The number of hydrogen-bond donors (Lipinski definition) is 1. The number of nitrogens with zero attached hydrogens (tertiary/aromatic N) is 6. The van der Waals surface area contributed by atoms with Gasteiger partial charge in [0.1, 0.15) is 28.7 Å². The molecule has 5 rings (SSSR count). The number of ether oxygens (including phenoxy) is 2. The first kappa shape index (κ1) is 21.4. The van der Waals surface area contributed by atoms with Gasteiger partial charge in [0.2, 0.25) is 11.8 Å². The highest BCUT2D eigenvalue weighted by molar-refractivity contribution is 5.91. The number of fused-ring (bicyclic) bond motifs is 1. The van der Waals surface area contributed by atoms with Crippen LogP contribution in [0, 0.1) is 12.7 Å². The van der Waals surface area contributed by atoms with E-state index < -0.39 is 0 Å². The normalized spacial score (nSPS) is 11.1. The maximum Gasteiger partial charge on any atom is 0.240 e. The van der Waals surface area contributed by atoms with E-state index in [-0.39, 0.29) is 5.82 Å². The SMILES string of the molecule is COc1cc(Nc2ccc(-n3cnc(C)c3)c(OC)n2)c2nc(-c3ccc(F)cc3)n(C)c2n1. The van der Waals surface area contributed by atoms with Crippen molar-refractivity contribution in [1.29, 1.82) is 0 Å². The Morgan fingerprint density at radius 1 is 0.971 bits per heavy atom. The molecule has 5 aromatic rings. The molecule has 0 atom stereocenters. The Hall–Kier alpha value is -4.47. The van der Waals surface area contributed by atoms with Crippen LogP contribution in [-0.4, -0.2) is 43.3 Å². The molecule has 0 aliphatic carbocycles.